The van der Waals surface area contributed by atoms with Gasteiger partial charge in [-0.1, -0.05) is 25.7 Å². The standard InChI is InChI=1S/C16H31N3O.HI/c1-17-16(19(2)12-15-9-11-20-13-15)18-10-5-8-14-6-3-4-7-14;/h14-15H,3-13H2,1-2H3,(H,17,18);1H. The molecule has 21 heavy (non-hydrogen) atoms. The third kappa shape index (κ3) is 6.72. The van der Waals surface area contributed by atoms with Crippen molar-refractivity contribution in [3.05, 3.63) is 0 Å². The molecule has 2 aliphatic rings. The summed E-state index contributed by atoms with van der Waals surface area (Å²) in [4.78, 5) is 6.63. The minimum absolute atomic E-state index is 0. The van der Waals surface area contributed by atoms with Crippen LogP contribution in [-0.4, -0.2) is 51.3 Å². The molecule has 2 rings (SSSR count). The van der Waals surface area contributed by atoms with E-state index in [1.54, 1.807) is 0 Å². The summed E-state index contributed by atoms with van der Waals surface area (Å²) in [5.41, 5.74) is 0. The second kappa shape index (κ2) is 10.6. The van der Waals surface area contributed by atoms with Gasteiger partial charge in [-0.3, -0.25) is 4.99 Å². The number of guanidine groups is 1. The van der Waals surface area contributed by atoms with E-state index in [1.807, 2.05) is 7.05 Å². The van der Waals surface area contributed by atoms with Crippen molar-refractivity contribution in [1.29, 1.82) is 0 Å². The molecule has 0 spiro atoms. The molecule has 1 aliphatic heterocycles. The fourth-order valence-electron chi connectivity index (χ4n) is 3.48. The van der Waals surface area contributed by atoms with E-state index in [0.717, 1.165) is 38.2 Å². The molecule has 0 aromatic rings. The zero-order valence-electron chi connectivity index (χ0n) is 13.6. The number of rotatable bonds is 6. The van der Waals surface area contributed by atoms with E-state index in [2.05, 4.69) is 22.3 Å². The third-order valence-corrected chi connectivity index (χ3v) is 4.68. The predicted octanol–water partition coefficient (Wildman–Crippen LogP) is 3.12. The summed E-state index contributed by atoms with van der Waals surface area (Å²) >= 11 is 0. The molecule has 0 bridgehead atoms. The minimum Gasteiger partial charge on any atom is -0.381 e. The Morgan fingerprint density at radius 3 is 2.62 bits per heavy atom. The largest absolute Gasteiger partial charge is 0.381 e. The number of halogens is 1. The lowest BCUT2D eigenvalue weighted by atomic mass is 10.0. The first-order valence-corrected chi connectivity index (χ1v) is 8.29. The highest BCUT2D eigenvalue weighted by Gasteiger charge is 2.19. The summed E-state index contributed by atoms with van der Waals surface area (Å²) in [6.07, 6.45) is 9.64. The molecule has 0 aromatic carbocycles. The average molecular weight is 409 g/mol. The molecule has 4 nitrogen and oxygen atoms in total. The molecule has 1 atom stereocenters. The van der Waals surface area contributed by atoms with Crippen molar-refractivity contribution in [2.75, 3.05) is 40.4 Å². The van der Waals surface area contributed by atoms with Crippen molar-refractivity contribution in [3.63, 3.8) is 0 Å². The Morgan fingerprint density at radius 1 is 1.24 bits per heavy atom. The highest BCUT2D eigenvalue weighted by atomic mass is 127. The molecule has 2 fully saturated rings. The number of aliphatic imine (C=N–C) groups is 1. The molecule has 1 aliphatic carbocycles. The molecule has 0 aromatic heterocycles. The average Bonchev–Trinajstić information content (AvgIpc) is 3.11. The molecule has 0 radical (unpaired) electrons. The van der Waals surface area contributed by atoms with Gasteiger partial charge >= 0.3 is 0 Å². The fraction of sp³-hybridized carbons (Fsp3) is 0.938. The molecular formula is C16H32IN3O. The van der Waals surface area contributed by atoms with Crippen LogP contribution in [0.1, 0.15) is 44.9 Å². The van der Waals surface area contributed by atoms with E-state index in [-0.39, 0.29) is 24.0 Å². The smallest absolute Gasteiger partial charge is 0.193 e. The molecular weight excluding hydrogens is 377 g/mol. The number of hydrogen-bond acceptors (Lipinski definition) is 2. The molecule has 1 N–H and O–H groups in total. The van der Waals surface area contributed by atoms with Crippen molar-refractivity contribution in [2.24, 2.45) is 16.8 Å². The zero-order chi connectivity index (χ0) is 14.2. The quantitative estimate of drug-likeness (QED) is 0.317. The van der Waals surface area contributed by atoms with E-state index in [4.69, 9.17) is 4.74 Å². The molecule has 5 heteroatoms. The van der Waals surface area contributed by atoms with Crippen molar-refractivity contribution < 1.29 is 4.74 Å². The van der Waals surface area contributed by atoms with Gasteiger partial charge in [0.2, 0.25) is 0 Å². The summed E-state index contributed by atoms with van der Waals surface area (Å²) in [6.45, 7) is 3.92. The van der Waals surface area contributed by atoms with Crippen LogP contribution < -0.4 is 5.32 Å². The van der Waals surface area contributed by atoms with Crippen LogP contribution in [0.3, 0.4) is 0 Å². The van der Waals surface area contributed by atoms with Gasteiger partial charge in [-0.15, -0.1) is 24.0 Å². The number of hydrogen-bond donors (Lipinski definition) is 1. The number of ether oxygens (including phenoxy) is 1. The maximum absolute atomic E-state index is 5.44. The zero-order valence-corrected chi connectivity index (χ0v) is 16.0. The number of nitrogens with one attached hydrogen (secondary N) is 1. The normalized spacial score (nSPS) is 23.1. The van der Waals surface area contributed by atoms with Gasteiger partial charge < -0.3 is 15.0 Å². The first kappa shape index (κ1) is 19.0. The van der Waals surface area contributed by atoms with Crippen LogP contribution in [0.2, 0.25) is 0 Å². The summed E-state index contributed by atoms with van der Waals surface area (Å²) in [7, 11) is 4.01. The van der Waals surface area contributed by atoms with E-state index in [1.165, 1.54) is 44.9 Å². The highest BCUT2D eigenvalue weighted by molar-refractivity contribution is 14.0. The highest BCUT2D eigenvalue weighted by Crippen LogP contribution is 2.28. The van der Waals surface area contributed by atoms with E-state index in [0.29, 0.717) is 5.92 Å². The Hall–Kier alpha value is -0.0400. The van der Waals surface area contributed by atoms with Crippen molar-refractivity contribution in [3.8, 4) is 0 Å². The van der Waals surface area contributed by atoms with Gasteiger partial charge in [-0.2, -0.15) is 0 Å². The minimum atomic E-state index is 0. The second-order valence-corrected chi connectivity index (χ2v) is 6.38. The van der Waals surface area contributed by atoms with Crippen LogP contribution in [0.4, 0.5) is 0 Å². The van der Waals surface area contributed by atoms with Gasteiger partial charge in [-0.05, 0) is 25.2 Å². The first-order chi connectivity index (χ1) is 9.79. The van der Waals surface area contributed by atoms with Crippen LogP contribution in [0.15, 0.2) is 4.99 Å². The monoisotopic (exact) mass is 409 g/mol. The molecule has 1 saturated heterocycles. The van der Waals surface area contributed by atoms with Gasteiger partial charge in [-0.25, -0.2) is 0 Å². The maximum atomic E-state index is 5.44. The lowest BCUT2D eigenvalue weighted by Gasteiger charge is -2.24. The van der Waals surface area contributed by atoms with Crippen LogP contribution in [0.5, 0.6) is 0 Å². The van der Waals surface area contributed by atoms with Gasteiger partial charge in [0.1, 0.15) is 0 Å². The fourth-order valence-corrected chi connectivity index (χ4v) is 3.48. The molecule has 0 amide bonds. The van der Waals surface area contributed by atoms with E-state index < -0.39 is 0 Å². The van der Waals surface area contributed by atoms with Gasteiger partial charge in [0.05, 0.1) is 6.61 Å². The Labute approximate surface area is 147 Å². The van der Waals surface area contributed by atoms with Crippen molar-refractivity contribution in [2.45, 2.75) is 44.9 Å². The third-order valence-electron chi connectivity index (χ3n) is 4.68. The van der Waals surface area contributed by atoms with Crippen molar-refractivity contribution >= 4 is 29.9 Å². The molecule has 1 saturated carbocycles. The summed E-state index contributed by atoms with van der Waals surface area (Å²) in [6, 6.07) is 0. The van der Waals surface area contributed by atoms with Crippen LogP contribution in [0.25, 0.3) is 0 Å². The summed E-state index contributed by atoms with van der Waals surface area (Å²) in [5, 5.41) is 3.50. The van der Waals surface area contributed by atoms with Gasteiger partial charge in [0, 0.05) is 39.7 Å². The first-order valence-electron chi connectivity index (χ1n) is 8.29. The molecule has 1 unspecified atom stereocenters. The van der Waals surface area contributed by atoms with E-state index >= 15 is 0 Å². The Kier molecular flexibility index (Phi) is 9.64. The van der Waals surface area contributed by atoms with Gasteiger partial charge in [0.15, 0.2) is 5.96 Å². The lowest BCUT2D eigenvalue weighted by Crippen LogP contribution is -2.41. The second-order valence-electron chi connectivity index (χ2n) is 6.38. The molecule has 1 heterocycles. The topological polar surface area (TPSA) is 36.9 Å². The van der Waals surface area contributed by atoms with Crippen LogP contribution in [0, 0.1) is 11.8 Å². The van der Waals surface area contributed by atoms with Crippen molar-refractivity contribution in [1.82, 2.24) is 10.2 Å². The van der Waals surface area contributed by atoms with E-state index in [9.17, 15) is 0 Å². The lowest BCUT2D eigenvalue weighted by molar-refractivity contribution is 0.181. The van der Waals surface area contributed by atoms with Gasteiger partial charge in [0.25, 0.3) is 0 Å². The Morgan fingerprint density at radius 2 is 2.00 bits per heavy atom. The molecule has 124 valence electrons. The Balaban J connectivity index is 0.00000220. The SMILES string of the molecule is CN=C(NCCCC1CCCC1)N(C)CC1CCOC1.I. The van der Waals surface area contributed by atoms with Crippen LogP contribution in [-0.2, 0) is 4.74 Å². The predicted molar refractivity (Wildman–Crippen MR) is 99.5 cm³/mol. The Bertz CT molecular complexity index is 300. The summed E-state index contributed by atoms with van der Waals surface area (Å²) in [5.74, 6) is 2.69. The number of nitrogens with zero attached hydrogens (tertiary/aromatic N) is 2. The van der Waals surface area contributed by atoms with Crippen LogP contribution >= 0.6 is 24.0 Å². The summed E-state index contributed by atoms with van der Waals surface area (Å²) < 4.78 is 5.44. The maximum Gasteiger partial charge on any atom is 0.193 e.